The van der Waals surface area contributed by atoms with Crippen LogP contribution in [0.25, 0.3) is 0 Å². The molecule has 0 atom stereocenters. The van der Waals surface area contributed by atoms with Crippen molar-refractivity contribution < 1.29 is 4.39 Å². The molecular formula is C11H8ClFN3O-. The maximum Gasteiger partial charge on any atom is 0.132 e. The Bertz CT molecular complexity index is 516. The van der Waals surface area contributed by atoms with Crippen LogP contribution in [0, 0.1) is 11.0 Å². The van der Waals surface area contributed by atoms with Gasteiger partial charge >= 0.3 is 0 Å². The highest BCUT2D eigenvalue weighted by molar-refractivity contribution is 6.30. The van der Waals surface area contributed by atoms with Crippen LogP contribution >= 0.6 is 11.6 Å². The van der Waals surface area contributed by atoms with E-state index in [1.165, 1.54) is 30.5 Å². The number of nitrogens with zero attached hydrogens (tertiary/aromatic N) is 1. The van der Waals surface area contributed by atoms with Gasteiger partial charge in [-0.05, 0) is 24.3 Å². The molecule has 0 saturated carbocycles. The van der Waals surface area contributed by atoms with Gasteiger partial charge in [0.25, 0.3) is 0 Å². The van der Waals surface area contributed by atoms with Gasteiger partial charge < -0.3 is 16.0 Å². The van der Waals surface area contributed by atoms with Gasteiger partial charge in [0.1, 0.15) is 11.6 Å². The number of rotatable bonds is 3. The molecule has 88 valence electrons. The van der Waals surface area contributed by atoms with E-state index in [2.05, 4.69) is 10.3 Å². The third kappa shape index (κ3) is 3.05. The van der Waals surface area contributed by atoms with Gasteiger partial charge in [0, 0.05) is 28.7 Å². The SMILES string of the molecule is [O-]Nc1ccnc(Nc2cc(F)cc(Cl)c2)c1. The van der Waals surface area contributed by atoms with Crippen molar-refractivity contribution in [1.29, 1.82) is 0 Å². The Kier molecular flexibility index (Phi) is 3.41. The summed E-state index contributed by atoms with van der Waals surface area (Å²) in [6, 6.07) is 7.08. The summed E-state index contributed by atoms with van der Waals surface area (Å²) < 4.78 is 13.1. The number of aromatic nitrogens is 1. The topological polar surface area (TPSA) is 60.0 Å². The number of halogens is 2. The molecule has 4 nitrogen and oxygen atoms in total. The average Bonchev–Trinajstić information content (AvgIpc) is 2.28. The third-order valence-corrected chi connectivity index (χ3v) is 2.23. The van der Waals surface area contributed by atoms with Crippen LogP contribution < -0.4 is 10.8 Å². The summed E-state index contributed by atoms with van der Waals surface area (Å²) in [5, 5.41) is 13.6. The Balaban J connectivity index is 2.24. The fourth-order valence-corrected chi connectivity index (χ4v) is 1.56. The molecule has 2 rings (SSSR count). The second-order valence-corrected chi connectivity index (χ2v) is 3.75. The first kappa shape index (κ1) is 11.6. The molecular weight excluding hydrogens is 245 g/mol. The summed E-state index contributed by atoms with van der Waals surface area (Å²) in [4.78, 5) is 3.99. The number of nitrogens with one attached hydrogen (secondary N) is 2. The molecule has 0 aliphatic heterocycles. The van der Waals surface area contributed by atoms with Crippen molar-refractivity contribution in [3.63, 3.8) is 0 Å². The normalized spacial score (nSPS) is 10.1. The van der Waals surface area contributed by atoms with Gasteiger partial charge in [-0.3, -0.25) is 0 Å². The van der Waals surface area contributed by atoms with Crippen LogP contribution in [0.2, 0.25) is 5.02 Å². The van der Waals surface area contributed by atoms with E-state index in [0.717, 1.165) is 0 Å². The van der Waals surface area contributed by atoms with Crippen molar-refractivity contribution in [2.24, 2.45) is 0 Å². The zero-order chi connectivity index (χ0) is 12.3. The molecule has 0 fully saturated rings. The molecule has 0 amide bonds. The zero-order valence-corrected chi connectivity index (χ0v) is 9.33. The van der Waals surface area contributed by atoms with E-state index < -0.39 is 5.82 Å². The number of benzene rings is 1. The van der Waals surface area contributed by atoms with Gasteiger partial charge in [-0.25, -0.2) is 9.37 Å². The second-order valence-electron chi connectivity index (χ2n) is 3.31. The van der Waals surface area contributed by atoms with E-state index in [4.69, 9.17) is 11.6 Å². The predicted molar refractivity (Wildman–Crippen MR) is 65.9 cm³/mol. The molecule has 2 aromatic rings. The Hall–Kier alpha value is -1.85. The summed E-state index contributed by atoms with van der Waals surface area (Å²) in [6.45, 7) is 0. The molecule has 0 radical (unpaired) electrons. The van der Waals surface area contributed by atoms with Crippen molar-refractivity contribution in [3.8, 4) is 0 Å². The lowest BCUT2D eigenvalue weighted by atomic mass is 10.3. The lowest BCUT2D eigenvalue weighted by molar-refractivity contribution is 0.628. The highest BCUT2D eigenvalue weighted by Crippen LogP contribution is 2.22. The van der Waals surface area contributed by atoms with Crippen molar-refractivity contribution >= 4 is 28.8 Å². The zero-order valence-electron chi connectivity index (χ0n) is 8.58. The van der Waals surface area contributed by atoms with E-state index in [9.17, 15) is 9.60 Å². The molecule has 1 aromatic heterocycles. The minimum atomic E-state index is -0.446. The Morgan fingerprint density at radius 1 is 1.18 bits per heavy atom. The van der Waals surface area contributed by atoms with Crippen LogP contribution in [0.5, 0.6) is 0 Å². The fraction of sp³-hybridized carbons (Fsp3) is 0. The van der Waals surface area contributed by atoms with E-state index >= 15 is 0 Å². The van der Waals surface area contributed by atoms with Gasteiger partial charge in [-0.2, -0.15) is 0 Å². The molecule has 0 unspecified atom stereocenters. The third-order valence-electron chi connectivity index (χ3n) is 2.01. The van der Waals surface area contributed by atoms with Crippen molar-refractivity contribution in [2.75, 3.05) is 10.8 Å². The first-order valence-corrected chi connectivity index (χ1v) is 5.12. The average molecular weight is 253 g/mol. The van der Waals surface area contributed by atoms with E-state index in [1.807, 2.05) is 0 Å². The van der Waals surface area contributed by atoms with E-state index in [-0.39, 0.29) is 5.02 Å². The molecule has 0 saturated heterocycles. The van der Waals surface area contributed by atoms with Gasteiger partial charge in [0.15, 0.2) is 0 Å². The largest absolute Gasteiger partial charge is 0.761 e. The Morgan fingerprint density at radius 3 is 2.71 bits per heavy atom. The molecule has 2 N–H and O–H groups in total. The van der Waals surface area contributed by atoms with Crippen molar-refractivity contribution in [3.05, 3.63) is 52.6 Å². The number of hydrogen-bond acceptors (Lipinski definition) is 4. The molecule has 0 bridgehead atoms. The molecule has 1 aromatic carbocycles. The Labute approximate surface area is 102 Å². The summed E-state index contributed by atoms with van der Waals surface area (Å²) in [5.41, 5.74) is 2.57. The quantitative estimate of drug-likeness (QED) is 0.821. The number of anilines is 3. The second kappa shape index (κ2) is 4.99. The minimum absolute atomic E-state index is 0.283. The molecule has 0 aliphatic carbocycles. The lowest BCUT2D eigenvalue weighted by Crippen LogP contribution is -1.95. The maximum atomic E-state index is 13.1. The smallest absolute Gasteiger partial charge is 0.132 e. The van der Waals surface area contributed by atoms with Crippen LogP contribution in [-0.2, 0) is 0 Å². The molecule has 0 spiro atoms. The van der Waals surface area contributed by atoms with Crippen molar-refractivity contribution in [1.82, 2.24) is 4.98 Å². The van der Waals surface area contributed by atoms with Gasteiger partial charge in [0.05, 0.1) is 0 Å². The predicted octanol–water partition coefficient (Wildman–Crippen LogP) is 3.53. The highest BCUT2D eigenvalue weighted by atomic mass is 35.5. The highest BCUT2D eigenvalue weighted by Gasteiger charge is 2.01. The fourth-order valence-electron chi connectivity index (χ4n) is 1.34. The molecule has 1 heterocycles. The standard InChI is InChI=1S/C11H8ClFN3O/c12-7-3-8(13)5-10(4-7)15-11-6-9(16-17)1-2-14-11/h1-6H,(H2-,14,15,16,17)/q-1. The van der Waals surface area contributed by atoms with Gasteiger partial charge in [-0.15, -0.1) is 0 Å². The minimum Gasteiger partial charge on any atom is -0.761 e. The monoisotopic (exact) mass is 252 g/mol. The van der Waals surface area contributed by atoms with Crippen molar-refractivity contribution in [2.45, 2.75) is 0 Å². The van der Waals surface area contributed by atoms with E-state index in [0.29, 0.717) is 17.2 Å². The lowest BCUT2D eigenvalue weighted by Gasteiger charge is -2.11. The van der Waals surface area contributed by atoms with Crippen LogP contribution in [0.15, 0.2) is 36.5 Å². The van der Waals surface area contributed by atoms with E-state index in [1.54, 1.807) is 11.5 Å². The summed E-state index contributed by atoms with van der Waals surface area (Å²) in [5.74, 6) is -0.0226. The first-order chi connectivity index (χ1) is 8.17. The molecule has 17 heavy (non-hydrogen) atoms. The summed E-state index contributed by atoms with van der Waals surface area (Å²) in [7, 11) is 0. The maximum absolute atomic E-state index is 13.1. The molecule has 6 heteroatoms. The number of hydrogen-bond donors (Lipinski definition) is 2. The van der Waals surface area contributed by atoms with Crippen LogP contribution in [0.3, 0.4) is 0 Å². The van der Waals surface area contributed by atoms with Crippen LogP contribution in [-0.4, -0.2) is 4.98 Å². The van der Waals surface area contributed by atoms with Gasteiger partial charge in [-0.1, -0.05) is 11.6 Å². The first-order valence-electron chi connectivity index (χ1n) is 4.75. The molecule has 0 aliphatic rings. The van der Waals surface area contributed by atoms with Crippen LogP contribution in [0.4, 0.5) is 21.6 Å². The summed E-state index contributed by atoms with van der Waals surface area (Å²) >= 11 is 5.71. The van der Waals surface area contributed by atoms with Gasteiger partial charge in [0.2, 0.25) is 0 Å². The Morgan fingerprint density at radius 2 is 2.00 bits per heavy atom. The number of pyridine rings is 1. The van der Waals surface area contributed by atoms with Crippen LogP contribution in [0.1, 0.15) is 0 Å². The summed E-state index contributed by atoms with van der Waals surface area (Å²) in [6.07, 6.45) is 1.46.